The van der Waals surface area contributed by atoms with E-state index in [-0.39, 0.29) is 0 Å². The first kappa shape index (κ1) is 13.9. The minimum Gasteiger partial charge on any atom is -0.496 e. The van der Waals surface area contributed by atoms with Gasteiger partial charge in [0, 0.05) is 11.6 Å². The molecule has 0 unspecified atom stereocenters. The maximum Gasteiger partial charge on any atom is 0.235 e. The number of ether oxygens (including phenoxy) is 2. The Kier molecular flexibility index (Phi) is 4.13. The smallest absolute Gasteiger partial charge is 0.235 e. The molecule has 1 saturated carbocycles. The number of halogens is 1. The van der Waals surface area contributed by atoms with Crippen molar-refractivity contribution in [1.29, 1.82) is 0 Å². The molecule has 102 valence electrons. The standard InChI is InChI=1S/C14H16ClNO3/c1-18-12-8-13(19-2)11(15)7-10(12)14(16-9-17)5-3-4-6-14/h7-8H,3-6H2,1-2H3. The van der Waals surface area contributed by atoms with Crippen molar-refractivity contribution in [2.75, 3.05) is 14.2 Å². The molecule has 0 spiro atoms. The number of hydrogen-bond acceptors (Lipinski definition) is 4. The van der Waals surface area contributed by atoms with Crippen LogP contribution in [0.15, 0.2) is 17.1 Å². The molecule has 1 aliphatic carbocycles. The predicted molar refractivity (Wildman–Crippen MR) is 72.8 cm³/mol. The monoisotopic (exact) mass is 281 g/mol. The van der Waals surface area contributed by atoms with Crippen molar-refractivity contribution in [2.24, 2.45) is 4.99 Å². The van der Waals surface area contributed by atoms with Crippen molar-refractivity contribution in [2.45, 2.75) is 31.2 Å². The van der Waals surface area contributed by atoms with Crippen molar-refractivity contribution >= 4 is 17.7 Å². The number of benzene rings is 1. The highest BCUT2D eigenvalue weighted by molar-refractivity contribution is 6.32. The van der Waals surface area contributed by atoms with Crippen molar-refractivity contribution in [3.8, 4) is 11.5 Å². The number of carbonyl (C=O) groups excluding carboxylic acids is 1. The van der Waals surface area contributed by atoms with Gasteiger partial charge in [-0.3, -0.25) is 0 Å². The van der Waals surface area contributed by atoms with Gasteiger partial charge in [0.25, 0.3) is 0 Å². The van der Waals surface area contributed by atoms with E-state index in [9.17, 15) is 4.79 Å². The summed E-state index contributed by atoms with van der Waals surface area (Å²) in [4.78, 5) is 14.8. The minimum absolute atomic E-state index is 0.491. The lowest BCUT2D eigenvalue weighted by Crippen LogP contribution is -2.20. The molecule has 1 aromatic carbocycles. The molecule has 0 bridgehead atoms. The van der Waals surface area contributed by atoms with Gasteiger partial charge >= 0.3 is 0 Å². The Morgan fingerprint density at radius 1 is 1.21 bits per heavy atom. The third-order valence-corrected chi connectivity index (χ3v) is 3.96. The first-order chi connectivity index (χ1) is 9.16. The summed E-state index contributed by atoms with van der Waals surface area (Å²) in [5.41, 5.74) is 0.282. The summed E-state index contributed by atoms with van der Waals surface area (Å²) < 4.78 is 10.6. The van der Waals surface area contributed by atoms with E-state index in [0.29, 0.717) is 16.5 Å². The van der Waals surface area contributed by atoms with Crippen molar-refractivity contribution < 1.29 is 14.3 Å². The fraction of sp³-hybridized carbons (Fsp3) is 0.500. The largest absolute Gasteiger partial charge is 0.496 e. The van der Waals surface area contributed by atoms with Crippen LogP contribution in [0.2, 0.25) is 5.02 Å². The van der Waals surface area contributed by atoms with E-state index in [2.05, 4.69) is 4.99 Å². The lowest BCUT2D eigenvalue weighted by molar-refractivity contribution is 0.370. The van der Waals surface area contributed by atoms with E-state index in [1.807, 2.05) is 0 Å². The van der Waals surface area contributed by atoms with Gasteiger partial charge in [-0.05, 0) is 18.9 Å². The molecule has 2 rings (SSSR count). The van der Waals surface area contributed by atoms with Crippen LogP contribution in [0.3, 0.4) is 0 Å². The van der Waals surface area contributed by atoms with Crippen molar-refractivity contribution in [3.05, 3.63) is 22.7 Å². The third kappa shape index (κ3) is 2.46. The lowest BCUT2D eigenvalue weighted by Gasteiger charge is -2.25. The van der Waals surface area contributed by atoms with Gasteiger partial charge < -0.3 is 9.47 Å². The molecule has 0 aliphatic heterocycles. The van der Waals surface area contributed by atoms with Crippen LogP contribution in [0.4, 0.5) is 0 Å². The molecule has 4 nitrogen and oxygen atoms in total. The molecule has 0 saturated heterocycles. The average molecular weight is 282 g/mol. The summed E-state index contributed by atoms with van der Waals surface area (Å²) in [5, 5.41) is 0.491. The summed E-state index contributed by atoms with van der Waals surface area (Å²) in [6, 6.07) is 3.52. The molecular formula is C14H16ClNO3. The SMILES string of the molecule is COc1cc(OC)c(C2(N=C=O)CCCC2)cc1Cl. The van der Waals surface area contributed by atoms with E-state index in [4.69, 9.17) is 21.1 Å². The Morgan fingerprint density at radius 3 is 2.37 bits per heavy atom. The van der Waals surface area contributed by atoms with Gasteiger partial charge in [-0.25, -0.2) is 4.79 Å². The minimum atomic E-state index is -0.553. The highest BCUT2D eigenvalue weighted by Gasteiger charge is 2.38. The maximum absolute atomic E-state index is 10.8. The van der Waals surface area contributed by atoms with E-state index >= 15 is 0 Å². The normalized spacial score (nSPS) is 16.8. The van der Waals surface area contributed by atoms with Gasteiger partial charge in [0.15, 0.2) is 0 Å². The third-order valence-electron chi connectivity index (χ3n) is 3.67. The van der Waals surface area contributed by atoms with Crippen molar-refractivity contribution in [1.82, 2.24) is 0 Å². The first-order valence-corrected chi connectivity index (χ1v) is 6.55. The Hall–Kier alpha value is -1.51. The summed E-state index contributed by atoms with van der Waals surface area (Å²) in [7, 11) is 3.13. The number of isocyanates is 1. The average Bonchev–Trinajstić information content (AvgIpc) is 2.88. The van der Waals surface area contributed by atoms with E-state index in [1.165, 1.54) is 0 Å². The molecular weight excluding hydrogens is 266 g/mol. The molecule has 0 N–H and O–H groups in total. The number of rotatable bonds is 4. The highest BCUT2D eigenvalue weighted by Crippen LogP contribution is 2.48. The summed E-state index contributed by atoms with van der Waals surface area (Å²) in [5.74, 6) is 1.19. The zero-order valence-electron chi connectivity index (χ0n) is 11.0. The van der Waals surface area contributed by atoms with Gasteiger partial charge in [0.1, 0.15) is 17.0 Å². The molecule has 5 heteroatoms. The number of hydrogen-bond donors (Lipinski definition) is 0. The van der Waals surface area contributed by atoms with Crippen LogP contribution in [-0.4, -0.2) is 20.3 Å². The van der Waals surface area contributed by atoms with Gasteiger partial charge in [-0.2, -0.15) is 4.99 Å². The second kappa shape index (κ2) is 5.64. The van der Waals surface area contributed by atoms with Gasteiger partial charge in [0.2, 0.25) is 6.08 Å². The number of nitrogens with zero attached hydrogens (tertiary/aromatic N) is 1. The summed E-state index contributed by atoms with van der Waals surface area (Å²) in [6.45, 7) is 0. The molecule has 19 heavy (non-hydrogen) atoms. The maximum atomic E-state index is 10.8. The summed E-state index contributed by atoms with van der Waals surface area (Å²) >= 11 is 6.18. The summed E-state index contributed by atoms with van der Waals surface area (Å²) in [6.07, 6.45) is 5.36. The van der Waals surface area contributed by atoms with E-state index in [1.54, 1.807) is 32.4 Å². The molecule has 1 fully saturated rings. The van der Waals surface area contributed by atoms with Crippen LogP contribution in [0.1, 0.15) is 31.2 Å². The van der Waals surface area contributed by atoms with Crippen LogP contribution in [0, 0.1) is 0 Å². The molecule has 0 amide bonds. The number of methoxy groups -OCH3 is 2. The fourth-order valence-corrected chi connectivity index (χ4v) is 2.95. The molecule has 0 heterocycles. The van der Waals surface area contributed by atoms with E-state index < -0.39 is 5.54 Å². The molecule has 0 radical (unpaired) electrons. The van der Waals surface area contributed by atoms with Gasteiger partial charge in [0.05, 0.1) is 19.2 Å². The second-order valence-electron chi connectivity index (χ2n) is 4.63. The quantitative estimate of drug-likeness (QED) is 0.627. The van der Waals surface area contributed by atoms with Crippen LogP contribution >= 0.6 is 11.6 Å². The Bertz CT molecular complexity index is 518. The number of aliphatic imine (C=N–C) groups is 1. The lowest BCUT2D eigenvalue weighted by atomic mass is 9.88. The van der Waals surface area contributed by atoms with Crippen LogP contribution in [0.25, 0.3) is 0 Å². The van der Waals surface area contributed by atoms with Crippen LogP contribution in [0.5, 0.6) is 11.5 Å². The van der Waals surface area contributed by atoms with E-state index in [0.717, 1.165) is 31.2 Å². The highest BCUT2D eigenvalue weighted by atomic mass is 35.5. The van der Waals surface area contributed by atoms with Crippen molar-refractivity contribution in [3.63, 3.8) is 0 Å². The topological polar surface area (TPSA) is 47.9 Å². The zero-order valence-corrected chi connectivity index (χ0v) is 11.8. The predicted octanol–water partition coefficient (Wildman–Crippen LogP) is 3.46. The Balaban J connectivity index is 2.59. The molecule has 1 aromatic rings. The van der Waals surface area contributed by atoms with Crippen LogP contribution < -0.4 is 9.47 Å². The van der Waals surface area contributed by atoms with Gasteiger partial charge in [-0.1, -0.05) is 24.4 Å². The molecule has 1 aliphatic rings. The Morgan fingerprint density at radius 2 is 1.84 bits per heavy atom. The van der Waals surface area contributed by atoms with Gasteiger partial charge in [-0.15, -0.1) is 0 Å². The Labute approximate surface area is 117 Å². The van der Waals surface area contributed by atoms with Crippen LogP contribution in [-0.2, 0) is 10.3 Å². The first-order valence-electron chi connectivity index (χ1n) is 6.18. The zero-order chi connectivity index (χ0) is 13.9. The fourth-order valence-electron chi connectivity index (χ4n) is 2.71. The molecule has 0 atom stereocenters. The molecule has 0 aromatic heterocycles. The second-order valence-corrected chi connectivity index (χ2v) is 5.04.